The molecule has 0 saturated heterocycles. The van der Waals surface area contributed by atoms with Gasteiger partial charge < -0.3 is 4.52 Å². The molecule has 0 radical (unpaired) electrons. The quantitative estimate of drug-likeness (QED) is 0.510. The topological polar surface area (TPSA) is 85.1 Å². The fourth-order valence-electron chi connectivity index (χ4n) is 2.57. The van der Waals surface area contributed by atoms with Gasteiger partial charge in [-0.2, -0.15) is 4.98 Å². The van der Waals surface area contributed by atoms with E-state index in [1.54, 1.807) is 35.7 Å². The molecular formula is C19H14FN3O3S2. The van der Waals surface area contributed by atoms with Crippen LogP contribution in [0, 0.1) is 12.7 Å². The van der Waals surface area contributed by atoms with Gasteiger partial charge in [-0.05, 0) is 42.8 Å². The first-order valence-corrected chi connectivity index (χ1v) is 10.5. The minimum Gasteiger partial charge on any atom is -0.334 e. The molecule has 0 unspecified atom stereocenters. The predicted molar refractivity (Wildman–Crippen MR) is 105 cm³/mol. The van der Waals surface area contributed by atoms with E-state index in [-0.39, 0.29) is 15.9 Å². The third-order valence-corrected chi connectivity index (χ3v) is 6.69. The summed E-state index contributed by atoms with van der Waals surface area (Å²) in [6, 6.07) is 14.4. The Balaban J connectivity index is 1.59. The number of rotatable bonds is 5. The van der Waals surface area contributed by atoms with E-state index in [1.165, 1.54) is 18.2 Å². The summed E-state index contributed by atoms with van der Waals surface area (Å²) in [7, 11) is -3.74. The number of nitrogens with one attached hydrogen (secondary N) is 1. The summed E-state index contributed by atoms with van der Waals surface area (Å²) in [6.07, 6.45) is 0. The number of hydrogen-bond acceptors (Lipinski definition) is 6. The van der Waals surface area contributed by atoms with Crippen molar-refractivity contribution in [1.29, 1.82) is 0 Å². The third-order valence-electron chi connectivity index (χ3n) is 3.87. The maximum atomic E-state index is 13.4. The highest BCUT2D eigenvalue weighted by Crippen LogP contribution is 2.30. The van der Waals surface area contributed by atoms with E-state index in [2.05, 4.69) is 14.9 Å². The lowest BCUT2D eigenvalue weighted by Crippen LogP contribution is -2.11. The SMILES string of the molecule is Cc1cccc(NS(=O)(=O)c2cc(-c3nc(-c4cccc(F)c4)no3)cs2)c1. The first-order valence-electron chi connectivity index (χ1n) is 8.19. The van der Waals surface area contributed by atoms with Gasteiger partial charge in [0.2, 0.25) is 5.82 Å². The summed E-state index contributed by atoms with van der Waals surface area (Å²) in [5, 5.41) is 5.46. The molecule has 0 aliphatic rings. The highest BCUT2D eigenvalue weighted by atomic mass is 32.2. The monoisotopic (exact) mass is 415 g/mol. The molecule has 142 valence electrons. The van der Waals surface area contributed by atoms with Crippen molar-refractivity contribution in [3.05, 3.63) is 71.4 Å². The molecule has 0 bridgehead atoms. The van der Waals surface area contributed by atoms with Gasteiger partial charge in [0.05, 0.1) is 5.56 Å². The molecule has 2 aromatic carbocycles. The Labute approximate surface area is 164 Å². The molecule has 1 N–H and O–H groups in total. The van der Waals surface area contributed by atoms with Crippen molar-refractivity contribution in [3.8, 4) is 22.8 Å². The Morgan fingerprint density at radius 2 is 1.89 bits per heavy atom. The van der Waals surface area contributed by atoms with E-state index in [0.29, 0.717) is 16.8 Å². The Morgan fingerprint density at radius 1 is 1.07 bits per heavy atom. The minimum absolute atomic E-state index is 0.120. The third kappa shape index (κ3) is 3.80. The van der Waals surface area contributed by atoms with Gasteiger partial charge in [0.1, 0.15) is 10.0 Å². The molecule has 2 heterocycles. The molecule has 0 saturated carbocycles. The van der Waals surface area contributed by atoms with Crippen LogP contribution in [0.5, 0.6) is 0 Å². The maximum absolute atomic E-state index is 13.4. The average molecular weight is 415 g/mol. The van der Waals surface area contributed by atoms with Crippen LogP contribution in [-0.4, -0.2) is 18.6 Å². The lowest BCUT2D eigenvalue weighted by atomic mass is 10.2. The second-order valence-electron chi connectivity index (χ2n) is 6.06. The number of halogens is 1. The smallest absolute Gasteiger partial charge is 0.271 e. The standard InChI is InChI=1S/C19H14FN3O3S2/c1-12-4-2-7-16(8-12)23-28(24,25)17-10-14(11-27-17)19-21-18(22-26-19)13-5-3-6-15(20)9-13/h2-11,23H,1H3. The van der Waals surface area contributed by atoms with Crippen molar-refractivity contribution in [2.75, 3.05) is 4.72 Å². The fraction of sp³-hybridized carbons (Fsp3) is 0.0526. The van der Waals surface area contributed by atoms with E-state index >= 15 is 0 Å². The molecule has 0 atom stereocenters. The van der Waals surface area contributed by atoms with Crippen molar-refractivity contribution in [2.24, 2.45) is 0 Å². The van der Waals surface area contributed by atoms with Crippen molar-refractivity contribution in [2.45, 2.75) is 11.1 Å². The summed E-state index contributed by atoms with van der Waals surface area (Å²) < 4.78 is 46.5. The van der Waals surface area contributed by atoms with Gasteiger partial charge in [-0.1, -0.05) is 29.4 Å². The normalized spacial score (nSPS) is 11.5. The maximum Gasteiger partial charge on any atom is 0.271 e. The zero-order valence-electron chi connectivity index (χ0n) is 14.6. The molecule has 2 aromatic heterocycles. The van der Waals surface area contributed by atoms with E-state index in [9.17, 15) is 12.8 Å². The van der Waals surface area contributed by atoms with Crippen molar-refractivity contribution in [1.82, 2.24) is 10.1 Å². The number of hydrogen-bond donors (Lipinski definition) is 1. The zero-order chi connectivity index (χ0) is 19.7. The molecule has 9 heteroatoms. The van der Waals surface area contributed by atoms with E-state index in [4.69, 9.17) is 4.52 Å². The number of aromatic nitrogens is 2. The van der Waals surface area contributed by atoms with Crippen LogP contribution in [0.4, 0.5) is 10.1 Å². The van der Waals surface area contributed by atoms with Crippen molar-refractivity contribution in [3.63, 3.8) is 0 Å². The summed E-state index contributed by atoms with van der Waals surface area (Å²) in [6.45, 7) is 1.88. The van der Waals surface area contributed by atoms with Crippen LogP contribution in [0.2, 0.25) is 0 Å². The van der Waals surface area contributed by atoms with Crippen LogP contribution >= 0.6 is 11.3 Å². The molecule has 4 rings (SSSR count). The fourth-order valence-corrected chi connectivity index (χ4v) is 4.77. The summed E-state index contributed by atoms with van der Waals surface area (Å²) >= 11 is 1.04. The lowest BCUT2D eigenvalue weighted by Gasteiger charge is -2.06. The summed E-state index contributed by atoms with van der Waals surface area (Å²) in [5.41, 5.74) is 2.38. The Kier molecular flexibility index (Phi) is 4.70. The number of benzene rings is 2. The average Bonchev–Trinajstić information content (AvgIpc) is 3.31. The van der Waals surface area contributed by atoms with Crippen LogP contribution < -0.4 is 4.72 Å². The van der Waals surface area contributed by atoms with Gasteiger partial charge in [0.15, 0.2) is 0 Å². The van der Waals surface area contributed by atoms with E-state index in [1.807, 2.05) is 13.0 Å². The number of aryl methyl sites for hydroxylation is 1. The van der Waals surface area contributed by atoms with Gasteiger partial charge in [-0.3, -0.25) is 4.72 Å². The van der Waals surface area contributed by atoms with E-state index in [0.717, 1.165) is 16.9 Å². The molecule has 0 spiro atoms. The van der Waals surface area contributed by atoms with Crippen LogP contribution in [-0.2, 0) is 10.0 Å². The molecular weight excluding hydrogens is 401 g/mol. The van der Waals surface area contributed by atoms with Gasteiger partial charge in [-0.25, -0.2) is 12.8 Å². The van der Waals surface area contributed by atoms with E-state index < -0.39 is 15.8 Å². The summed E-state index contributed by atoms with van der Waals surface area (Å²) in [4.78, 5) is 4.23. The van der Waals surface area contributed by atoms with Crippen LogP contribution in [0.1, 0.15) is 5.56 Å². The number of sulfonamides is 1. The largest absolute Gasteiger partial charge is 0.334 e. The second-order valence-corrected chi connectivity index (χ2v) is 8.88. The minimum atomic E-state index is -3.74. The zero-order valence-corrected chi connectivity index (χ0v) is 16.2. The van der Waals surface area contributed by atoms with Gasteiger partial charge in [-0.15, -0.1) is 11.3 Å². The van der Waals surface area contributed by atoms with Crippen LogP contribution in [0.3, 0.4) is 0 Å². The van der Waals surface area contributed by atoms with Crippen LogP contribution in [0.25, 0.3) is 22.8 Å². The first-order chi connectivity index (χ1) is 13.4. The van der Waals surface area contributed by atoms with Crippen molar-refractivity contribution < 1.29 is 17.3 Å². The second kappa shape index (κ2) is 7.17. The number of thiophene rings is 1. The van der Waals surface area contributed by atoms with Gasteiger partial charge in [0.25, 0.3) is 15.9 Å². The lowest BCUT2D eigenvalue weighted by molar-refractivity contribution is 0.432. The Morgan fingerprint density at radius 3 is 2.68 bits per heavy atom. The molecule has 4 aromatic rings. The molecule has 28 heavy (non-hydrogen) atoms. The highest BCUT2D eigenvalue weighted by Gasteiger charge is 2.20. The van der Waals surface area contributed by atoms with Crippen molar-refractivity contribution >= 4 is 27.0 Å². The molecule has 0 amide bonds. The number of nitrogens with zero attached hydrogens (tertiary/aromatic N) is 2. The molecule has 6 nitrogen and oxygen atoms in total. The summed E-state index contributed by atoms with van der Waals surface area (Å²) in [5.74, 6) is -0.0227. The van der Waals surface area contributed by atoms with Crippen LogP contribution in [0.15, 0.2) is 68.7 Å². The van der Waals surface area contributed by atoms with Gasteiger partial charge in [0, 0.05) is 16.6 Å². The Hall–Kier alpha value is -3.04. The Bertz CT molecular complexity index is 1250. The first kappa shape index (κ1) is 18.3. The number of anilines is 1. The predicted octanol–water partition coefficient (Wildman–Crippen LogP) is 4.71. The molecule has 0 fully saturated rings. The van der Waals surface area contributed by atoms with Gasteiger partial charge >= 0.3 is 0 Å². The molecule has 0 aliphatic heterocycles. The molecule has 0 aliphatic carbocycles. The highest BCUT2D eigenvalue weighted by molar-refractivity contribution is 7.94.